The number of amides is 1. The topological polar surface area (TPSA) is 95.7 Å². The summed E-state index contributed by atoms with van der Waals surface area (Å²) in [6.07, 6.45) is 2.87. The minimum absolute atomic E-state index is 0.0134. The lowest BCUT2D eigenvalue weighted by Crippen LogP contribution is -2.55. The smallest absolute Gasteiger partial charge is 0.309 e. The van der Waals surface area contributed by atoms with Crippen LogP contribution in [0.15, 0.2) is 28.8 Å². The van der Waals surface area contributed by atoms with Crippen molar-refractivity contribution in [1.82, 2.24) is 15.4 Å². The molecule has 1 saturated heterocycles. The van der Waals surface area contributed by atoms with Crippen molar-refractivity contribution in [2.24, 2.45) is 11.8 Å². The van der Waals surface area contributed by atoms with E-state index >= 15 is 0 Å². The number of hydrogen-bond donors (Lipinski definition) is 2. The fourth-order valence-corrected chi connectivity index (χ4v) is 4.09. The average molecular weight is 419 g/mol. The molecule has 0 spiro atoms. The molecular formula is C21H23F2N3O4. The molecule has 4 rings (SSSR count). The third-order valence-electron chi connectivity index (χ3n) is 6.10. The van der Waals surface area contributed by atoms with Gasteiger partial charge in [-0.2, -0.15) is 0 Å². The maximum atomic E-state index is 13.9. The van der Waals surface area contributed by atoms with E-state index in [9.17, 15) is 23.5 Å². The lowest BCUT2D eigenvalue weighted by Gasteiger charge is -2.40. The van der Waals surface area contributed by atoms with Crippen LogP contribution in [0, 0.1) is 23.5 Å². The monoisotopic (exact) mass is 419 g/mol. The molecule has 160 valence electrons. The predicted octanol–water partition coefficient (Wildman–Crippen LogP) is 2.92. The third-order valence-corrected chi connectivity index (χ3v) is 6.10. The summed E-state index contributed by atoms with van der Waals surface area (Å²) >= 11 is 0. The number of aromatic nitrogens is 1. The van der Waals surface area contributed by atoms with E-state index in [0.717, 1.165) is 6.07 Å². The second kappa shape index (κ2) is 8.14. The largest absolute Gasteiger partial charge is 0.481 e. The van der Waals surface area contributed by atoms with E-state index in [4.69, 9.17) is 4.52 Å². The zero-order valence-electron chi connectivity index (χ0n) is 16.5. The van der Waals surface area contributed by atoms with E-state index in [-0.39, 0.29) is 17.0 Å². The number of likely N-dealkylation sites (tertiary alicyclic amines) is 1. The molecule has 0 radical (unpaired) electrons. The summed E-state index contributed by atoms with van der Waals surface area (Å²) in [5.41, 5.74) is -0.111. The molecular weight excluding hydrogens is 396 g/mol. The van der Waals surface area contributed by atoms with Gasteiger partial charge in [0.05, 0.1) is 11.5 Å². The molecule has 2 heterocycles. The van der Waals surface area contributed by atoms with Gasteiger partial charge in [0.1, 0.15) is 11.6 Å². The van der Waals surface area contributed by atoms with Crippen LogP contribution in [-0.2, 0) is 4.79 Å². The van der Waals surface area contributed by atoms with Gasteiger partial charge in [0.25, 0.3) is 5.91 Å². The molecule has 7 nitrogen and oxygen atoms in total. The highest BCUT2D eigenvalue weighted by molar-refractivity contribution is 5.93. The van der Waals surface area contributed by atoms with Crippen molar-refractivity contribution >= 4 is 11.9 Å². The van der Waals surface area contributed by atoms with Gasteiger partial charge in [-0.25, -0.2) is 8.78 Å². The van der Waals surface area contributed by atoms with Crippen LogP contribution in [0.5, 0.6) is 0 Å². The summed E-state index contributed by atoms with van der Waals surface area (Å²) in [5.74, 6) is -3.22. The number of rotatable bonds is 6. The van der Waals surface area contributed by atoms with Crippen LogP contribution >= 0.6 is 0 Å². The molecule has 2 fully saturated rings. The average Bonchev–Trinajstić information content (AvgIpc) is 3.44. The van der Waals surface area contributed by atoms with Gasteiger partial charge < -0.3 is 14.9 Å². The summed E-state index contributed by atoms with van der Waals surface area (Å²) < 4.78 is 32.0. The maximum Gasteiger partial charge on any atom is 0.309 e. The normalized spacial score (nSPS) is 23.2. The number of halogens is 2. The van der Waals surface area contributed by atoms with Crippen molar-refractivity contribution in [3.63, 3.8) is 0 Å². The SMILES string of the molecule is C[C@@H](C1CC1)N1CC[C@@H](NC(=O)c2cc(-c3ccc(F)cc3F)on2)[C@H](C(=O)O)C1. The molecule has 2 aliphatic rings. The predicted molar refractivity (Wildman–Crippen MR) is 103 cm³/mol. The Kier molecular flexibility index (Phi) is 5.55. The lowest BCUT2D eigenvalue weighted by atomic mass is 9.90. The fourth-order valence-electron chi connectivity index (χ4n) is 4.09. The standard InChI is InChI=1S/C21H23F2N3O4/c1-11(12-2-3-12)26-7-6-17(15(10-26)21(28)29)24-20(27)18-9-19(30-25-18)14-5-4-13(22)8-16(14)23/h4-5,8-9,11-12,15,17H,2-3,6-7,10H2,1H3,(H,24,27)(H,28,29)/t11-,15+,17+/m0/s1. The molecule has 0 unspecified atom stereocenters. The molecule has 1 aliphatic carbocycles. The highest BCUT2D eigenvalue weighted by Crippen LogP contribution is 2.36. The van der Waals surface area contributed by atoms with Crippen molar-refractivity contribution in [2.45, 2.75) is 38.3 Å². The number of carbonyl (C=O) groups excluding carboxylic acids is 1. The summed E-state index contributed by atoms with van der Waals surface area (Å²) in [7, 11) is 0. The number of aliphatic carboxylic acids is 1. The Morgan fingerprint density at radius 3 is 2.70 bits per heavy atom. The lowest BCUT2D eigenvalue weighted by molar-refractivity contribution is -0.145. The first-order valence-electron chi connectivity index (χ1n) is 10.0. The van der Waals surface area contributed by atoms with E-state index in [1.165, 1.54) is 25.0 Å². The molecule has 1 amide bonds. The molecule has 1 saturated carbocycles. The Morgan fingerprint density at radius 2 is 2.03 bits per heavy atom. The summed E-state index contributed by atoms with van der Waals surface area (Å²) in [6, 6.07) is 4.04. The van der Waals surface area contributed by atoms with Crippen LogP contribution in [0.4, 0.5) is 8.78 Å². The zero-order valence-corrected chi connectivity index (χ0v) is 16.5. The van der Waals surface area contributed by atoms with Crippen molar-refractivity contribution < 1.29 is 28.0 Å². The van der Waals surface area contributed by atoms with Gasteiger partial charge in [-0.1, -0.05) is 5.16 Å². The summed E-state index contributed by atoms with van der Waals surface area (Å²) in [6.45, 7) is 3.21. The van der Waals surface area contributed by atoms with Crippen molar-refractivity contribution in [1.29, 1.82) is 0 Å². The van der Waals surface area contributed by atoms with Gasteiger partial charge in [-0.05, 0) is 44.2 Å². The van der Waals surface area contributed by atoms with E-state index in [1.807, 2.05) is 0 Å². The minimum Gasteiger partial charge on any atom is -0.481 e. The Bertz CT molecular complexity index is 959. The van der Waals surface area contributed by atoms with Crippen LogP contribution in [-0.4, -0.2) is 52.2 Å². The summed E-state index contributed by atoms with van der Waals surface area (Å²) in [4.78, 5) is 26.6. The molecule has 1 aromatic heterocycles. The zero-order chi connectivity index (χ0) is 21.4. The molecule has 2 aromatic rings. The first kappa shape index (κ1) is 20.5. The van der Waals surface area contributed by atoms with Gasteiger partial charge >= 0.3 is 5.97 Å². The minimum atomic E-state index is -0.956. The van der Waals surface area contributed by atoms with E-state index < -0.39 is 35.5 Å². The van der Waals surface area contributed by atoms with E-state index in [1.54, 1.807) is 0 Å². The van der Waals surface area contributed by atoms with Crippen LogP contribution < -0.4 is 5.32 Å². The Balaban J connectivity index is 1.44. The third kappa shape index (κ3) is 4.21. The van der Waals surface area contributed by atoms with Crippen LogP contribution in [0.25, 0.3) is 11.3 Å². The maximum absolute atomic E-state index is 13.9. The van der Waals surface area contributed by atoms with Crippen LogP contribution in [0.3, 0.4) is 0 Å². The number of piperidine rings is 1. The first-order chi connectivity index (χ1) is 14.3. The molecule has 30 heavy (non-hydrogen) atoms. The highest BCUT2D eigenvalue weighted by atomic mass is 19.1. The van der Waals surface area contributed by atoms with Gasteiger partial charge in [-0.15, -0.1) is 0 Å². The molecule has 3 atom stereocenters. The number of carboxylic acid groups (broad SMARTS) is 1. The quantitative estimate of drug-likeness (QED) is 0.748. The second-order valence-corrected chi connectivity index (χ2v) is 8.09. The number of hydrogen-bond acceptors (Lipinski definition) is 5. The Hall–Kier alpha value is -2.81. The first-order valence-corrected chi connectivity index (χ1v) is 10.0. The number of benzene rings is 1. The molecule has 2 N–H and O–H groups in total. The molecule has 1 aromatic carbocycles. The van der Waals surface area contributed by atoms with Crippen LogP contribution in [0.2, 0.25) is 0 Å². The van der Waals surface area contributed by atoms with Crippen molar-refractivity contribution in [2.75, 3.05) is 13.1 Å². The molecule has 1 aliphatic heterocycles. The molecule has 9 heteroatoms. The van der Waals surface area contributed by atoms with E-state index in [2.05, 4.69) is 22.3 Å². The number of nitrogens with one attached hydrogen (secondary N) is 1. The van der Waals surface area contributed by atoms with Crippen LogP contribution in [0.1, 0.15) is 36.7 Å². The Morgan fingerprint density at radius 1 is 1.27 bits per heavy atom. The number of carboxylic acids is 1. The van der Waals surface area contributed by atoms with Gasteiger partial charge in [0.15, 0.2) is 11.5 Å². The number of carbonyl (C=O) groups is 2. The number of nitrogens with zero attached hydrogens (tertiary/aromatic N) is 2. The van der Waals surface area contributed by atoms with Crippen molar-refractivity contribution in [3.05, 3.63) is 41.6 Å². The van der Waals surface area contributed by atoms with Crippen molar-refractivity contribution in [3.8, 4) is 11.3 Å². The summed E-state index contributed by atoms with van der Waals surface area (Å²) in [5, 5.41) is 16.1. The van der Waals surface area contributed by atoms with Gasteiger partial charge in [0, 0.05) is 37.3 Å². The second-order valence-electron chi connectivity index (χ2n) is 8.09. The van der Waals surface area contributed by atoms with Gasteiger partial charge in [-0.3, -0.25) is 14.5 Å². The Labute approximate surface area is 172 Å². The van der Waals surface area contributed by atoms with E-state index in [0.29, 0.717) is 37.5 Å². The highest BCUT2D eigenvalue weighted by Gasteiger charge is 2.40. The molecule has 0 bridgehead atoms. The fraction of sp³-hybridized carbons (Fsp3) is 0.476. The van der Waals surface area contributed by atoms with Gasteiger partial charge in [0.2, 0.25) is 0 Å².